The van der Waals surface area contributed by atoms with Crippen molar-refractivity contribution >= 4 is 11.7 Å². The molecule has 0 fully saturated rings. The van der Waals surface area contributed by atoms with Gasteiger partial charge in [-0.15, -0.1) is 0 Å². The molecular formula is C7H12N2O. The zero-order valence-electron chi connectivity index (χ0n) is 6.59. The van der Waals surface area contributed by atoms with Crippen molar-refractivity contribution in [1.29, 1.82) is 0 Å². The topological polar surface area (TPSA) is 32.7 Å². The lowest BCUT2D eigenvalue weighted by molar-refractivity contribution is 0.228. The number of urea groups is 1. The van der Waals surface area contributed by atoms with Gasteiger partial charge in [-0.1, -0.05) is 13.8 Å². The quantitative estimate of drug-likeness (QED) is 0.537. The van der Waals surface area contributed by atoms with E-state index < -0.39 is 0 Å². The molecule has 0 radical (unpaired) electrons. The van der Waals surface area contributed by atoms with Gasteiger partial charge in [-0.2, -0.15) is 0 Å². The molecule has 0 aromatic carbocycles. The maximum absolute atomic E-state index is 10.8. The highest BCUT2D eigenvalue weighted by molar-refractivity contribution is 6.03. The average molecular weight is 140 g/mol. The van der Waals surface area contributed by atoms with Gasteiger partial charge >= 0.3 is 6.03 Å². The minimum Gasteiger partial charge on any atom is -0.320 e. The van der Waals surface area contributed by atoms with Gasteiger partial charge in [0.15, 0.2) is 0 Å². The number of hydrogen-bond acceptors (Lipinski definition) is 1. The highest BCUT2D eigenvalue weighted by atomic mass is 16.2. The monoisotopic (exact) mass is 140 g/mol. The first-order valence-electron chi connectivity index (χ1n) is 3.44. The third kappa shape index (κ3) is 1.17. The van der Waals surface area contributed by atoms with Crippen LogP contribution < -0.4 is 0 Å². The molecule has 0 aliphatic carbocycles. The molecule has 0 aromatic rings. The number of rotatable bonds is 1. The van der Waals surface area contributed by atoms with Crippen molar-refractivity contribution in [2.75, 3.05) is 13.6 Å². The van der Waals surface area contributed by atoms with E-state index >= 15 is 0 Å². The third-order valence-electron chi connectivity index (χ3n) is 1.63. The van der Waals surface area contributed by atoms with Crippen molar-refractivity contribution in [3.8, 4) is 0 Å². The Bertz CT molecular complexity index is 184. The molecule has 0 N–H and O–H groups in total. The van der Waals surface area contributed by atoms with Gasteiger partial charge in [0.05, 0.1) is 6.54 Å². The van der Waals surface area contributed by atoms with E-state index in [0.29, 0.717) is 12.5 Å². The van der Waals surface area contributed by atoms with Crippen LogP contribution in [-0.2, 0) is 0 Å². The normalized spacial score (nSPS) is 18.6. The summed E-state index contributed by atoms with van der Waals surface area (Å²) in [5.41, 5.74) is 0.993. The molecule has 1 rings (SSSR count). The highest BCUT2D eigenvalue weighted by Gasteiger charge is 2.20. The van der Waals surface area contributed by atoms with Crippen LogP contribution in [0.3, 0.4) is 0 Å². The molecule has 0 atom stereocenters. The molecule has 0 spiro atoms. The van der Waals surface area contributed by atoms with Crippen LogP contribution in [0.1, 0.15) is 13.8 Å². The Morgan fingerprint density at radius 2 is 2.20 bits per heavy atom. The third-order valence-corrected chi connectivity index (χ3v) is 1.63. The van der Waals surface area contributed by atoms with E-state index in [0.717, 1.165) is 5.71 Å². The molecule has 3 nitrogen and oxygen atoms in total. The standard InChI is InChI=1S/C7H12N2O/c1-5(2)6-4-9(3)7(10)8-6/h5H,4H2,1-3H3. The fourth-order valence-corrected chi connectivity index (χ4v) is 0.866. The number of nitrogens with zero attached hydrogens (tertiary/aromatic N) is 2. The van der Waals surface area contributed by atoms with Gasteiger partial charge in [-0.05, 0) is 5.92 Å². The molecular weight excluding hydrogens is 128 g/mol. The van der Waals surface area contributed by atoms with Gasteiger partial charge in [-0.3, -0.25) is 0 Å². The second-order valence-corrected chi connectivity index (χ2v) is 2.90. The molecule has 0 unspecified atom stereocenters. The van der Waals surface area contributed by atoms with Crippen LogP contribution in [0.5, 0.6) is 0 Å². The summed E-state index contributed by atoms with van der Waals surface area (Å²) in [6.07, 6.45) is 0. The molecule has 3 heteroatoms. The van der Waals surface area contributed by atoms with E-state index in [1.165, 1.54) is 0 Å². The molecule has 1 aliphatic heterocycles. The summed E-state index contributed by atoms with van der Waals surface area (Å²) in [7, 11) is 1.77. The number of carbonyl (C=O) groups is 1. The predicted octanol–water partition coefficient (Wildman–Crippen LogP) is 1.15. The second-order valence-electron chi connectivity index (χ2n) is 2.90. The number of hydrogen-bond donors (Lipinski definition) is 0. The Kier molecular flexibility index (Phi) is 1.74. The van der Waals surface area contributed by atoms with Crippen LogP contribution in [0.25, 0.3) is 0 Å². The first kappa shape index (κ1) is 7.25. The zero-order chi connectivity index (χ0) is 7.72. The smallest absolute Gasteiger partial charge is 0.320 e. The number of carbonyl (C=O) groups excluding carboxylic acids is 1. The summed E-state index contributed by atoms with van der Waals surface area (Å²) >= 11 is 0. The summed E-state index contributed by atoms with van der Waals surface area (Å²) in [5.74, 6) is 0.397. The Labute approximate surface area is 60.7 Å². The summed E-state index contributed by atoms with van der Waals surface area (Å²) in [5, 5.41) is 0. The summed E-state index contributed by atoms with van der Waals surface area (Å²) in [6.45, 7) is 4.80. The molecule has 0 bridgehead atoms. The second kappa shape index (κ2) is 2.40. The SMILES string of the molecule is CC(C)C1=NC(=O)N(C)C1. The van der Waals surface area contributed by atoms with Gasteiger partial charge in [0.1, 0.15) is 0 Å². The van der Waals surface area contributed by atoms with Crippen LogP contribution in [0, 0.1) is 5.92 Å². The fourth-order valence-electron chi connectivity index (χ4n) is 0.866. The van der Waals surface area contributed by atoms with Crippen LogP contribution in [0.2, 0.25) is 0 Å². The zero-order valence-corrected chi connectivity index (χ0v) is 6.59. The van der Waals surface area contributed by atoms with E-state index in [1.54, 1.807) is 11.9 Å². The molecule has 0 saturated carbocycles. The van der Waals surface area contributed by atoms with E-state index in [2.05, 4.69) is 4.99 Å². The predicted molar refractivity (Wildman–Crippen MR) is 40.3 cm³/mol. The minimum absolute atomic E-state index is 0.108. The summed E-state index contributed by atoms with van der Waals surface area (Å²) < 4.78 is 0. The minimum atomic E-state index is -0.108. The number of aliphatic imine (C=N–C) groups is 1. The van der Waals surface area contributed by atoms with Crippen LogP contribution >= 0.6 is 0 Å². The van der Waals surface area contributed by atoms with Crippen molar-refractivity contribution < 1.29 is 4.79 Å². The Morgan fingerprint density at radius 3 is 2.40 bits per heavy atom. The Hall–Kier alpha value is -0.860. The van der Waals surface area contributed by atoms with Crippen LogP contribution in [-0.4, -0.2) is 30.2 Å². The summed E-state index contributed by atoms with van der Waals surface area (Å²) in [6, 6.07) is -0.108. The molecule has 1 aliphatic rings. The van der Waals surface area contributed by atoms with Crippen molar-refractivity contribution in [1.82, 2.24) is 4.90 Å². The summed E-state index contributed by atoms with van der Waals surface area (Å²) in [4.78, 5) is 16.3. The molecule has 56 valence electrons. The van der Waals surface area contributed by atoms with Crippen LogP contribution in [0.4, 0.5) is 4.79 Å². The van der Waals surface area contributed by atoms with Gasteiger partial charge in [0.25, 0.3) is 0 Å². The first-order chi connectivity index (χ1) is 4.61. The fraction of sp³-hybridized carbons (Fsp3) is 0.714. The van der Waals surface area contributed by atoms with Gasteiger partial charge < -0.3 is 4.90 Å². The van der Waals surface area contributed by atoms with E-state index in [9.17, 15) is 4.79 Å². The van der Waals surface area contributed by atoms with Gasteiger partial charge in [0, 0.05) is 12.8 Å². The maximum atomic E-state index is 10.8. The lowest BCUT2D eigenvalue weighted by Crippen LogP contribution is -2.22. The van der Waals surface area contributed by atoms with Crippen molar-refractivity contribution in [2.45, 2.75) is 13.8 Å². The lowest BCUT2D eigenvalue weighted by atomic mass is 10.1. The average Bonchev–Trinajstić information content (AvgIpc) is 2.13. The largest absolute Gasteiger partial charge is 0.343 e. The van der Waals surface area contributed by atoms with Gasteiger partial charge in [-0.25, -0.2) is 9.79 Å². The molecule has 0 saturated heterocycles. The number of amides is 2. The maximum Gasteiger partial charge on any atom is 0.343 e. The molecule has 10 heavy (non-hydrogen) atoms. The van der Waals surface area contributed by atoms with E-state index in [-0.39, 0.29) is 6.03 Å². The lowest BCUT2D eigenvalue weighted by Gasteiger charge is -2.06. The van der Waals surface area contributed by atoms with Gasteiger partial charge in [0.2, 0.25) is 0 Å². The highest BCUT2D eigenvalue weighted by Crippen LogP contribution is 2.07. The Balaban J connectivity index is 2.67. The van der Waals surface area contributed by atoms with Crippen molar-refractivity contribution in [2.24, 2.45) is 10.9 Å². The molecule has 2 amide bonds. The van der Waals surface area contributed by atoms with Crippen LogP contribution in [0.15, 0.2) is 4.99 Å². The van der Waals surface area contributed by atoms with Crippen molar-refractivity contribution in [3.63, 3.8) is 0 Å². The van der Waals surface area contributed by atoms with E-state index in [1.807, 2.05) is 13.8 Å². The molecule has 0 aromatic heterocycles. The Morgan fingerprint density at radius 1 is 1.60 bits per heavy atom. The molecule has 1 heterocycles. The van der Waals surface area contributed by atoms with E-state index in [4.69, 9.17) is 0 Å². The first-order valence-corrected chi connectivity index (χ1v) is 3.44. The van der Waals surface area contributed by atoms with Crippen molar-refractivity contribution in [3.05, 3.63) is 0 Å².